The van der Waals surface area contributed by atoms with Crippen LogP contribution in [0.4, 0.5) is 5.69 Å². The van der Waals surface area contributed by atoms with Gasteiger partial charge in [0.15, 0.2) is 6.10 Å². The Morgan fingerprint density at radius 2 is 1.70 bits per heavy atom. The lowest BCUT2D eigenvalue weighted by molar-refractivity contribution is -0.122. The third-order valence-electron chi connectivity index (χ3n) is 4.81. The number of fused-ring (bicyclic) bond motifs is 3. The number of carbonyl (C=O) groups excluding carboxylic acids is 1. The van der Waals surface area contributed by atoms with Gasteiger partial charge in [0.1, 0.15) is 16.9 Å². The average molecular weight is 359 g/mol. The summed E-state index contributed by atoms with van der Waals surface area (Å²) in [4.78, 5) is 12.5. The van der Waals surface area contributed by atoms with Gasteiger partial charge in [0.05, 0.1) is 0 Å². The molecule has 4 aromatic rings. The number of nitrogens with one attached hydrogen (secondary N) is 1. The second-order valence-corrected chi connectivity index (χ2v) is 6.80. The largest absolute Gasteiger partial charge is 0.481 e. The van der Waals surface area contributed by atoms with Gasteiger partial charge in [0.25, 0.3) is 5.91 Å². The van der Waals surface area contributed by atoms with Crippen molar-refractivity contribution in [3.63, 3.8) is 0 Å². The second-order valence-electron chi connectivity index (χ2n) is 6.80. The van der Waals surface area contributed by atoms with E-state index < -0.39 is 6.10 Å². The maximum Gasteiger partial charge on any atom is 0.265 e. The van der Waals surface area contributed by atoms with Crippen molar-refractivity contribution in [2.45, 2.75) is 26.9 Å². The van der Waals surface area contributed by atoms with Crippen molar-refractivity contribution in [2.24, 2.45) is 0 Å². The van der Waals surface area contributed by atoms with Crippen LogP contribution in [0.2, 0.25) is 0 Å². The molecule has 3 aromatic carbocycles. The van der Waals surface area contributed by atoms with Crippen molar-refractivity contribution in [3.8, 4) is 5.75 Å². The highest BCUT2D eigenvalue weighted by atomic mass is 16.5. The molecule has 4 nitrogen and oxygen atoms in total. The van der Waals surface area contributed by atoms with Crippen molar-refractivity contribution in [2.75, 3.05) is 5.32 Å². The summed E-state index contributed by atoms with van der Waals surface area (Å²) in [5.74, 6) is 0.483. The minimum atomic E-state index is -0.613. The normalized spacial score (nSPS) is 12.3. The molecule has 1 aromatic heterocycles. The molecule has 4 rings (SSSR count). The Hall–Kier alpha value is -3.27. The third-order valence-corrected chi connectivity index (χ3v) is 4.81. The first kappa shape index (κ1) is 17.2. The van der Waals surface area contributed by atoms with E-state index in [0.717, 1.165) is 27.5 Å². The number of hydrogen-bond acceptors (Lipinski definition) is 3. The molecule has 1 amide bonds. The van der Waals surface area contributed by atoms with Crippen molar-refractivity contribution in [1.29, 1.82) is 0 Å². The smallest absolute Gasteiger partial charge is 0.265 e. The van der Waals surface area contributed by atoms with Crippen LogP contribution in [0.15, 0.2) is 65.1 Å². The summed E-state index contributed by atoms with van der Waals surface area (Å²) in [7, 11) is 0. The van der Waals surface area contributed by atoms with Gasteiger partial charge in [-0.15, -0.1) is 0 Å². The first-order valence-corrected chi connectivity index (χ1v) is 8.97. The molecule has 0 fully saturated rings. The van der Waals surface area contributed by atoms with Crippen molar-refractivity contribution in [1.82, 2.24) is 0 Å². The van der Waals surface area contributed by atoms with Gasteiger partial charge < -0.3 is 14.5 Å². The van der Waals surface area contributed by atoms with Crippen LogP contribution in [0.1, 0.15) is 18.1 Å². The predicted molar refractivity (Wildman–Crippen MR) is 108 cm³/mol. The van der Waals surface area contributed by atoms with Crippen LogP contribution in [0.5, 0.6) is 5.75 Å². The molecule has 0 radical (unpaired) electrons. The number of amides is 1. The SMILES string of the molecule is Cc1ccc(O[C@H](C)C(=O)Nc2ccc3c(c2)oc2ccccc23)cc1C. The molecule has 0 saturated heterocycles. The molecule has 1 atom stereocenters. The number of carbonyl (C=O) groups is 1. The molecule has 136 valence electrons. The number of ether oxygens (including phenoxy) is 1. The minimum Gasteiger partial charge on any atom is -0.481 e. The van der Waals surface area contributed by atoms with Gasteiger partial charge in [-0.25, -0.2) is 0 Å². The summed E-state index contributed by atoms with van der Waals surface area (Å²) in [6.07, 6.45) is -0.613. The fourth-order valence-corrected chi connectivity index (χ4v) is 3.09. The number of hydrogen-bond donors (Lipinski definition) is 1. The van der Waals surface area contributed by atoms with Crippen LogP contribution >= 0.6 is 0 Å². The van der Waals surface area contributed by atoms with E-state index in [4.69, 9.17) is 9.15 Å². The summed E-state index contributed by atoms with van der Waals surface area (Å²) in [6.45, 7) is 5.81. The number of para-hydroxylation sites is 1. The zero-order chi connectivity index (χ0) is 19.0. The van der Waals surface area contributed by atoms with E-state index in [-0.39, 0.29) is 5.91 Å². The highest BCUT2D eigenvalue weighted by molar-refractivity contribution is 6.06. The maximum absolute atomic E-state index is 12.5. The molecule has 0 aliphatic heterocycles. The molecule has 1 N–H and O–H groups in total. The molecule has 0 spiro atoms. The molecule has 1 heterocycles. The second kappa shape index (κ2) is 6.80. The monoisotopic (exact) mass is 359 g/mol. The van der Waals surface area contributed by atoms with E-state index in [2.05, 4.69) is 5.32 Å². The van der Waals surface area contributed by atoms with Crippen LogP contribution in [0.25, 0.3) is 21.9 Å². The lowest BCUT2D eigenvalue weighted by atomic mass is 10.1. The predicted octanol–water partition coefficient (Wildman–Crippen LogP) is 5.61. The molecule has 4 heteroatoms. The number of anilines is 1. The summed E-state index contributed by atoms with van der Waals surface area (Å²) >= 11 is 0. The Labute approximate surface area is 157 Å². The first-order valence-electron chi connectivity index (χ1n) is 8.97. The van der Waals surface area contributed by atoms with E-state index in [0.29, 0.717) is 11.4 Å². The summed E-state index contributed by atoms with van der Waals surface area (Å²) in [5, 5.41) is 5.00. The summed E-state index contributed by atoms with van der Waals surface area (Å²) in [5.41, 5.74) is 4.59. The number of benzene rings is 3. The van der Waals surface area contributed by atoms with Gasteiger partial charge in [0.2, 0.25) is 0 Å². The zero-order valence-corrected chi connectivity index (χ0v) is 15.6. The maximum atomic E-state index is 12.5. The summed E-state index contributed by atoms with van der Waals surface area (Å²) < 4.78 is 11.7. The van der Waals surface area contributed by atoms with Crippen molar-refractivity contribution >= 4 is 33.5 Å². The molecule has 0 unspecified atom stereocenters. The number of furan rings is 1. The van der Waals surface area contributed by atoms with Gasteiger partial charge in [-0.3, -0.25) is 4.79 Å². The molecular formula is C23H21NO3. The van der Waals surface area contributed by atoms with Crippen LogP contribution < -0.4 is 10.1 Å². The first-order chi connectivity index (χ1) is 13.0. The van der Waals surface area contributed by atoms with Crippen LogP contribution in [0, 0.1) is 13.8 Å². The Morgan fingerprint density at radius 3 is 2.52 bits per heavy atom. The number of aryl methyl sites for hydroxylation is 2. The van der Waals surface area contributed by atoms with Gasteiger partial charge in [-0.2, -0.15) is 0 Å². The molecule has 27 heavy (non-hydrogen) atoms. The van der Waals surface area contributed by atoms with Gasteiger partial charge in [0, 0.05) is 22.5 Å². The van der Waals surface area contributed by atoms with Gasteiger partial charge in [-0.1, -0.05) is 24.3 Å². The van der Waals surface area contributed by atoms with Gasteiger partial charge in [-0.05, 0) is 62.2 Å². The van der Waals surface area contributed by atoms with E-state index >= 15 is 0 Å². The van der Waals surface area contributed by atoms with Gasteiger partial charge >= 0.3 is 0 Å². The zero-order valence-electron chi connectivity index (χ0n) is 15.6. The lowest BCUT2D eigenvalue weighted by Crippen LogP contribution is -2.30. The molecule has 0 bridgehead atoms. The average Bonchev–Trinajstić information content (AvgIpc) is 3.02. The standard InChI is InChI=1S/C23H21NO3/c1-14-8-10-18(12-15(14)2)26-16(3)23(25)24-17-9-11-20-19-6-4-5-7-21(19)27-22(20)13-17/h4-13,16H,1-3H3,(H,24,25)/t16-/m1/s1. The Morgan fingerprint density at radius 1 is 0.926 bits per heavy atom. The van der Waals surface area contributed by atoms with E-state index in [1.54, 1.807) is 6.92 Å². The Kier molecular flexibility index (Phi) is 4.32. The lowest BCUT2D eigenvalue weighted by Gasteiger charge is -2.15. The quantitative estimate of drug-likeness (QED) is 0.515. The van der Waals surface area contributed by atoms with E-state index in [9.17, 15) is 4.79 Å². The Balaban J connectivity index is 1.51. The van der Waals surface area contributed by atoms with Crippen molar-refractivity contribution in [3.05, 3.63) is 71.8 Å². The molecule has 0 aliphatic carbocycles. The topological polar surface area (TPSA) is 51.5 Å². The Bertz CT molecular complexity index is 1140. The minimum absolute atomic E-state index is 0.205. The fraction of sp³-hybridized carbons (Fsp3) is 0.174. The highest BCUT2D eigenvalue weighted by Gasteiger charge is 2.16. The molecular weight excluding hydrogens is 338 g/mol. The van der Waals surface area contributed by atoms with Crippen molar-refractivity contribution < 1.29 is 13.9 Å². The van der Waals surface area contributed by atoms with Crippen LogP contribution in [-0.4, -0.2) is 12.0 Å². The summed E-state index contributed by atoms with van der Waals surface area (Å²) in [6, 6.07) is 19.4. The third kappa shape index (κ3) is 3.38. The van der Waals surface area contributed by atoms with Crippen LogP contribution in [-0.2, 0) is 4.79 Å². The molecule has 0 saturated carbocycles. The van der Waals surface area contributed by atoms with E-state index in [1.807, 2.05) is 74.5 Å². The highest BCUT2D eigenvalue weighted by Crippen LogP contribution is 2.30. The van der Waals surface area contributed by atoms with E-state index in [1.165, 1.54) is 5.56 Å². The number of rotatable bonds is 4. The van der Waals surface area contributed by atoms with Crippen LogP contribution in [0.3, 0.4) is 0 Å². The fourth-order valence-electron chi connectivity index (χ4n) is 3.09. The molecule has 0 aliphatic rings.